The Morgan fingerprint density at radius 3 is 2.08 bits per heavy atom. The van der Waals surface area contributed by atoms with Gasteiger partial charge in [0.15, 0.2) is 0 Å². The lowest BCUT2D eigenvalue weighted by Crippen LogP contribution is -2.40. The Bertz CT molecular complexity index is 175. The van der Waals surface area contributed by atoms with Crippen molar-refractivity contribution in [2.75, 3.05) is 13.1 Å². The Morgan fingerprint density at radius 1 is 1.38 bits per heavy atom. The van der Waals surface area contributed by atoms with Gasteiger partial charge in [0.1, 0.15) is 6.54 Å². The van der Waals surface area contributed by atoms with Crippen LogP contribution in [0.15, 0.2) is 0 Å². The van der Waals surface area contributed by atoms with Gasteiger partial charge in [0.05, 0.1) is 5.84 Å². The van der Waals surface area contributed by atoms with Crippen molar-refractivity contribution in [3.8, 4) is 0 Å². The second-order valence-electron chi connectivity index (χ2n) is 3.17. The number of rotatable bonds is 3. The number of alkyl halides is 3. The van der Waals surface area contributed by atoms with Gasteiger partial charge in [-0.1, -0.05) is 13.8 Å². The summed E-state index contributed by atoms with van der Waals surface area (Å²) in [6, 6.07) is 0. The molecule has 0 bridgehead atoms. The predicted molar refractivity (Wildman–Crippen MR) is 45.9 cm³/mol. The largest absolute Gasteiger partial charge is 0.405 e. The van der Waals surface area contributed by atoms with Crippen LogP contribution in [-0.2, 0) is 0 Å². The SMILES string of the molecule is CCN(CC(F)(F)F)C(=N)C(C)C. The van der Waals surface area contributed by atoms with E-state index in [1.807, 2.05) is 0 Å². The second kappa shape index (κ2) is 4.48. The Kier molecular flexibility index (Phi) is 4.23. The first kappa shape index (κ1) is 12.3. The van der Waals surface area contributed by atoms with Crippen molar-refractivity contribution in [3.05, 3.63) is 0 Å². The van der Waals surface area contributed by atoms with Gasteiger partial charge in [-0.3, -0.25) is 5.41 Å². The summed E-state index contributed by atoms with van der Waals surface area (Å²) in [6.45, 7) is 4.22. The fraction of sp³-hybridized carbons (Fsp3) is 0.875. The minimum absolute atomic E-state index is 0.0415. The molecule has 0 spiro atoms. The van der Waals surface area contributed by atoms with Crippen molar-refractivity contribution >= 4 is 5.84 Å². The first-order valence-corrected chi connectivity index (χ1v) is 4.18. The lowest BCUT2D eigenvalue weighted by molar-refractivity contribution is -0.137. The van der Waals surface area contributed by atoms with Crippen LogP contribution >= 0.6 is 0 Å². The van der Waals surface area contributed by atoms with Crippen LogP contribution < -0.4 is 0 Å². The molecule has 0 aliphatic heterocycles. The molecular weight excluding hydrogens is 181 g/mol. The predicted octanol–water partition coefficient (Wildman–Crippen LogP) is 2.50. The van der Waals surface area contributed by atoms with E-state index in [1.165, 1.54) is 0 Å². The van der Waals surface area contributed by atoms with Gasteiger partial charge < -0.3 is 4.90 Å². The fourth-order valence-corrected chi connectivity index (χ4v) is 0.949. The Morgan fingerprint density at radius 2 is 1.85 bits per heavy atom. The highest BCUT2D eigenvalue weighted by Gasteiger charge is 2.31. The molecule has 1 N–H and O–H groups in total. The van der Waals surface area contributed by atoms with E-state index < -0.39 is 12.7 Å². The maximum absolute atomic E-state index is 12.0. The molecule has 0 aliphatic carbocycles. The van der Waals surface area contributed by atoms with Gasteiger partial charge in [-0.2, -0.15) is 13.2 Å². The molecule has 0 saturated carbocycles. The van der Waals surface area contributed by atoms with Gasteiger partial charge in [0.25, 0.3) is 0 Å². The molecule has 0 aliphatic rings. The van der Waals surface area contributed by atoms with Crippen LogP contribution in [-0.4, -0.2) is 30.0 Å². The van der Waals surface area contributed by atoms with Crippen molar-refractivity contribution in [2.24, 2.45) is 5.92 Å². The molecule has 0 unspecified atom stereocenters. The maximum atomic E-state index is 12.0. The molecule has 0 aromatic carbocycles. The summed E-state index contributed by atoms with van der Waals surface area (Å²) < 4.78 is 35.9. The minimum atomic E-state index is -4.22. The third kappa shape index (κ3) is 4.75. The first-order valence-electron chi connectivity index (χ1n) is 4.18. The fourth-order valence-electron chi connectivity index (χ4n) is 0.949. The van der Waals surface area contributed by atoms with E-state index in [0.717, 1.165) is 4.90 Å². The number of amidine groups is 1. The smallest absolute Gasteiger partial charge is 0.352 e. The molecule has 5 heteroatoms. The van der Waals surface area contributed by atoms with E-state index in [9.17, 15) is 13.2 Å². The standard InChI is InChI=1S/C8H15F3N2/c1-4-13(5-8(9,10)11)7(12)6(2)3/h6,12H,4-5H2,1-3H3. The highest BCUT2D eigenvalue weighted by atomic mass is 19.4. The van der Waals surface area contributed by atoms with Crippen LogP contribution in [0.5, 0.6) is 0 Å². The zero-order valence-corrected chi connectivity index (χ0v) is 8.07. The highest BCUT2D eigenvalue weighted by Crippen LogP contribution is 2.17. The average Bonchev–Trinajstić information content (AvgIpc) is 1.97. The molecule has 0 aromatic rings. The molecule has 13 heavy (non-hydrogen) atoms. The van der Waals surface area contributed by atoms with E-state index in [4.69, 9.17) is 5.41 Å². The zero-order valence-electron chi connectivity index (χ0n) is 8.07. The molecule has 0 atom stereocenters. The minimum Gasteiger partial charge on any atom is -0.352 e. The van der Waals surface area contributed by atoms with Crippen molar-refractivity contribution in [1.29, 1.82) is 5.41 Å². The number of nitrogens with zero attached hydrogens (tertiary/aromatic N) is 1. The molecule has 0 radical (unpaired) electrons. The van der Waals surface area contributed by atoms with E-state index in [0.29, 0.717) is 0 Å². The zero-order chi connectivity index (χ0) is 10.6. The van der Waals surface area contributed by atoms with Gasteiger partial charge in [-0.15, -0.1) is 0 Å². The molecule has 0 rings (SSSR count). The molecule has 0 fully saturated rings. The van der Waals surface area contributed by atoms with Crippen LogP contribution in [0.4, 0.5) is 13.2 Å². The van der Waals surface area contributed by atoms with Gasteiger partial charge >= 0.3 is 6.18 Å². The van der Waals surface area contributed by atoms with Crippen LogP contribution in [0.25, 0.3) is 0 Å². The third-order valence-electron chi connectivity index (χ3n) is 1.64. The average molecular weight is 196 g/mol. The van der Waals surface area contributed by atoms with Crippen LogP contribution in [0, 0.1) is 11.3 Å². The topological polar surface area (TPSA) is 27.1 Å². The summed E-state index contributed by atoms with van der Waals surface area (Å²) in [7, 11) is 0. The number of hydrogen-bond donors (Lipinski definition) is 1. The van der Waals surface area contributed by atoms with Crippen molar-refractivity contribution in [1.82, 2.24) is 4.90 Å². The molecule has 0 aromatic heterocycles. The third-order valence-corrected chi connectivity index (χ3v) is 1.64. The summed E-state index contributed by atoms with van der Waals surface area (Å²) in [5.41, 5.74) is 0. The molecule has 2 nitrogen and oxygen atoms in total. The monoisotopic (exact) mass is 196 g/mol. The van der Waals surface area contributed by atoms with Crippen molar-refractivity contribution in [3.63, 3.8) is 0 Å². The quantitative estimate of drug-likeness (QED) is 0.545. The van der Waals surface area contributed by atoms with Crippen molar-refractivity contribution < 1.29 is 13.2 Å². The summed E-state index contributed by atoms with van der Waals surface area (Å²) in [4.78, 5) is 1.03. The lowest BCUT2D eigenvalue weighted by Gasteiger charge is -2.26. The lowest BCUT2D eigenvalue weighted by atomic mass is 10.2. The van der Waals surface area contributed by atoms with Crippen LogP contribution in [0.1, 0.15) is 20.8 Å². The molecule has 78 valence electrons. The number of nitrogens with one attached hydrogen (secondary N) is 1. The maximum Gasteiger partial charge on any atom is 0.405 e. The molecule has 0 heterocycles. The van der Waals surface area contributed by atoms with E-state index >= 15 is 0 Å². The van der Waals surface area contributed by atoms with E-state index in [2.05, 4.69) is 0 Å². The summed E-state index contributed by atoms with van der Waals surface area (Å²) in [6.07, 6.45) is -4.22. The summed E-state index contributed by atoms with van der Waals surface area (Å²) in [5, 5.41) is 7.41. The van der Waals surface area contributed by atoms with Gasteiger partial charge in [0.2, 0.25) is 0 Å². The van der Waals surface area contributed by atoms with Crippen molar-refractivity contribution in [2.45, 2.75) is 26.9 Å². The van der Waals surface area contributed by atoms with E-state index in [-0.39, 0.29) is 18.3 Å². The molecule has 0 saturated heterocycles. The highest BCUT2D eigenvalue weighted by molar-refractivity contribution is 5.80. The normalized spacial score (nSPS) is 11.9. The Hall–Kier alpha value is -0.740. The summed E-state index contributed by atoms with van der Waals surface area (Å²) in [5.74, 6) is -0.123. The van der Waals surface area contributed by atoms with Gasteiger partial charge in [-0.25, -0.2) is 0 Å². The first-order chi connectivity index (χ1) is 5.78. The van der Waals surface area contributed by atoms with Crippen LogP contribution in [0.2, 0.25) is 0 Å². The van der Waals surface area contributed by atoms with Gasteiger partial charge in [0, 0.05) is 12.5 Å². The van der Waals surface area contributed by atoms with Gasteiger partial charge in [-0.05, 0) is 6.92 Å². The van der Waals surface area contributed by atoms with Crippen LogP contribution in [0.3, 0.4) is 0 Å². The Balaban J connectivity index is 4.27. The summed E-state index contributed by atoms with van der Waals surface area (Å²) >= 11 is 0. The second-order valence-corrected chi connectivity index (χ2v) is 3.17. The Labute approximate surface area is 76.2 Å². The molecule has 0 amide bonds. The number of halogens is 3. The number of hydrogen-bond acceptors (Lipinski definition) is 1. The van der Waals surface area contributed by atoms with E-state index in [1.54, 1.807) is 20.8 Å². The molecular formula is C8H15F3N2.